The number of nitrogens with zero attached hydrogens (tertiary/aromatic N) is 1. The van der Waals surface area contributed by atoms with Crippen LogP contribution < -0.4 is 16.0 Å². The summed E-state index contributed by atoms with van der Waals surface area (Å²) in [7, 11) is 0. The first-order valence-electron chi connectivity index (χ1n) is 10.2. The monoisotopic (exact) mass is 397 g/mol. The Morgan fingerprint density at radius 3 is 2.97 bits per heavy atom. The second-order valence-corrected chi connectivity index (χ2v) is 8.05. The number of amides is 2. The Labute approximate surface area is 169 Å². The van der Waals surface area contributed by atoms with E-state index in [0.29, 0.717) is 18.8 Å². The summed E-state index contributed by atoms with van der Waals surface area (Å²) in [5.41, 5.74) is 3.96. The van der Waals surface area contributed by atoms with Crippen molar-refractivity contribution in [2.75, 3.05) is 10.6 Å². The molecule has 2 aliphatic rings. The van der Waals surface area contributed by atoms with Crippen molar-refractivity contribution >= 4 is 29.2 Å². The van der Waals surface area contributed by atoms with Crippen LogP contribution in [0.15, 0.2) is 24.3 Å². The van der Waals surface area contributed by atoms with Crippen LogP contribution in [0.1, 0.15) is 56.7 Å². The van der Waals surface area contributed by atoms with Crippen molar-refractivity contribution in [1.82, 2.24) is 15.5 Å². The number of nitrogens with one attached hydrogen (secondary N) is 4. The molecule has 1 aliphatic carbocycles. The topological polar surface area (TPSA) is 108 Å². The molecule has 0 radical (unpaired) electrons. The second kappa shape index (κ2) is 8.14. The van der Waals surface area contributed by atoms with E-state index in [9.17, 15) is 9.59 Å². The molecule has 154 valence electrons. The normalized spacial score (nSPS) is 20.9. The van der Waals surface area contributed by atoms with Crippen molar-refractivity contribution < 1.29 is 14.3 Å². The molecule has 2 heterocycles. The van der Waals surface area contributed by atoms with Gasteiger partial charge in [-0.1, -0.05) is 6.07 Å². The average molecular weight is 397 g/mol. The van der Waals surface area contributed by atoms with E-state index in [4.69, 9.17) is 4.74 Å². The van der Waals surface area contributed by atoms with Crippen LogP contribution in [-0.2, 0) is 16.0 Å². The molecule has 8 nitrogen and oxygen atoms in total. The number of anilines is 3. The van der Waals surface area contributed by atoms with Gasteiger partial charge in [-0.25, -0.2) is 4.79 Å². The zero-order valence-corrected chi connectivity index (χ0v) is 16.7. The third kappa shape index (κ3) is 4.52. The first-order valence-corrected chi connectivity index (χ1v) is 10.2. The van der Waals surface area contributed by atoms with Gasteiger partial charge < -0.3 is 20.7 Å². The van der Waals surface area contributed by atoms with Gasteiger partial charge in [0.2, 0.25) is 5.91 Å². The van der Waals surface area contributed by atoms with E-state index in [-0.39, 0.29) is 24.1 Å². The minimum absolute atomic E-state index is 0.0526. The van der Waals surface area contributed by atoms with Crippen LogP contribution in [0.4, 0.5) is 22.0 Å². The van der Waals surface area contributed by atoms with Crippen LogP contribution >= 0.6 is 0 Å². The Morgan fingerprint density at radius 2 is 2.14 bits per heavy atom. The fraction of sp³-hybridized carbons (Fsp3) is 0.476. The second-order valence-electron chi connectivity index (χ2n) is 8.05. The molecular weight excluding hydrogens is 370 g/mol. The molecule has 0 saturated heterocycles. The van der Waals surface area contributed by atoms with E-state index in [1.165, 1.54) is 0 Å². The number of carbonyl (C=O) groups is 2. The van der Waals surface area contributed by atoms with Crippen molar-refractivity contribution in [3.63, 3.8) is 0 Å². The maximum Gasteiger partial charge on any atom is 0.407 e. The first kappa shape index (κ1) is 19.3. The summed E-state index contributed by atoms with van der Waals surface area (Å²) in [6.45, 7) is 3.82. The van der Waals surface area contributed by atoms with E-state index < -0.39 is 0 Å². The molecule has 2 aromatic rings. The third-order valence-corrected chi connectivity index (χ3v) is 5.42. The number of hydrogen-bond donors (Lipinski definition) is 4. The molecule has 4 N–H and O–H groups in total. The van der Waals surface area contributed by atoms with Crippen molar-refractivity contribution in [1.29, 1.82) is 0 Å². The largest absolute Gasteiger partial charge is 0.446 e. The van der Waals surface area contributed by atoms with Gasteiger partial charge in [0.1, 0.15) is 6.10 Å². The molecule has 8 heteroatoms. The SMILES string of the molecule is CC(C)NC(=O)O[C@@H]1CC[C@H](c2cc(Nc3cccc4c3CCC(=O)N4)n[nH]2)C1. The molecule has 1 aromatic heterocycles. The Kier molecular flexibility index (Phi) is 5.42. The summed E-state index contributed by atoms with van der Waals surface area (Å²) in [5.74, 6) is 1.09. The number of fused-ring (bicyclic) bond motifs is 1. The van der Waals surface area contributed by atoms with Crippen molar-refractivity contribution in [2.45, 2.75) is 64.0 Å². The highest BCUT2D eigenvalue weighted by molar-refractivity contribution is 5.95. The van der Waals surface area contributed by atoms with E-state index in [1.54, 1.807) is 0 Å². The molecule has 29 heavy (non-hydrogen) atoms. The van der Waals surface area contributed by atoms with Gasteiger partial charge in [0.25, 0.3) is 0 Å². The van der Waals surface area contributed by atoms with Gasteiger partial charge in [-0.05, 0) is 57.2 Å². The molecule has 0 spiro atoms. The predicted molar refractivity (Wildman–Crippen MR) is 110 cm³/mol. The number of benzene rings is 1. The first-order chi connectivity index (χ1) is 14.0. The Balaban J connectivity index is 1.38. The fourth-order valence-corrected chi connectivity index (χ4v) is 4.04. The highest BCUT2D eigenvalue weighted by Gasteiger charge is 2.30. The number of hydrogen-bond acceptors (Lipinski definition) is 5. The number of carbonyl (C=O) groups excluding carboxylic acids is 2. The highest BCUT2D eigenvalue weighted by atomic mass is 16.6. The maximum absolute atomic E-state index is 11.8. The summed E-state index contributed by atoms with van der Waals surface area (Å²) in [4.78, 5) is 23.4. The van der Waals surface area contributed by atoms with Crippen LogP contribution in [0.2, 0.25) is 0 Å². The summed E-state index contributed by atoms with van der Waals surface area (Å²) in [6, 6.07) is 7.92. The molecule has 2 atom stereocenters. The van der Waals surface area contributed by atoms with Gasteiger partial charge in [-0.15, -0.1) is 0 Å². The molecule has 1 fully saturated rings. The predicted octanol–water partition coefficient (Wildman–Crippen LogP) is 3.81. The summed E-state index contributed by atoms with van der Waals surface area (Å²) < 4.78 is 5.51. The smallest absolute Gasteiger partial charge is 0.407 e. The number of ether oxygens (including phenoxy) is 1. The van der Waals surface area contributed by atoms with Crippen LogP contribution in [-0.4, -0.2) is 34.3 Å². The number of aromatic nitrogens is 2. The minimum Gasteiger partial charge on any atom is -0.446 e. The lowest BCUT2D eigenvalue weighted by Gasteiger charge is -2.20. The molecule has 4 rings (SSSR count). The van der Waals surface area contributed by atoms with Crippen molar-refractivity contribution in [3.05, 3.63) is 35.5 Å². The van der Waals surface area contributed by atoms with E-state index in [2.05, 4.69) is 26.1 Å². The number of aromatic amines is 1. The van der Waals surface area contributed by atoms with Gasteiger partial charge in [-0.2, -0.15) is 5.10 Å². The van der Waals surface area contributed by atoms with Gasteiger partial charge in [0, 0.05) is 41.5 Å². The maximum atomic E-state index is 11.8. The van der Waals surface area contributed by atoms with Crippen LogP contribution in [0, 0.1) is 0 Å². The zero-order valence-electron chi connectivity index (χ0n) is 16.7. The molecule has 0 unspecified atom stereocenters. The molecule has 1 aromatic carbocycles. The Hall–Kier alpha value is -3.03. The number of alkyl carbamates (subject to hydrolysis) is 1. The quantitative estimate of drug-likeness (QED) is 0.614. The lowest BCUT2D eigenvalue weighted by Crippen LogP contribution is -2.33. The van der Waals surface area contributed by atoms with Crippen molar-refractivity contribution in [2.24, 2.45) is 0 Å². The zero-order chi connectivity index (χ0) is 20.4. The van der Waals surface area contributed by atoms with Crippen LogP contribution in [0.5, 0.6) is 0 Å². The summed E-state index contributed by atoms with van der Waals surface area (Å²) >= 11 is 0. The van der Waals surface area contributed by atoms with E-state index in [1.807, 2.05) is 38.1 Å². The Bertz CT molecular complexity index is 907. The summed E-state index contributed by atoms with van der Waals surface area (Å²) in [5, 5.41) is 16.6. The Morgan fingerprint density at radius 1 is 1.28 bits per heavy atom. The lowest BCUT2D eigenvalue weighted by atomic mass is 10.0. The van der Waals surface area contributed by atoms with Gasteiger partial charge in [0.15, 0.2) is 5.82 Å². The van der Waals surface area contributed by atoms with Gasteiger partial charge >= 0.3 is 6.09 Å². The third-order valence-electron chi connectivity index (χ3n) is 5.42. The van der Waals surface area contributed by atoms with Crippen LogP contribution in [0.25, 0.3) is 0 Å². The van der Waals surface area contributed by atoms with E-state index in [0.717, 1.165) is 47.7 Å². The molecule has 1 aliphatic heterocycles. The van der Waals surface area contributed by atoms with Crippen molar-refractivity contribution in [3.8, 4) is 0 Å². The standard InChI is InChI=1S/C21H27N5O3/c1-12(2)22-21(28)29-14-7-6-13(10-14)18-11-19(26-25-18)23-16-4-3-5-17-15(16)8-9-20(27)24-17/h3-5,11-14H,6-10H2,1-2H3,(H,22,28)(H,24,27)(H2,23,25,26)/t13-,14+/m0/s1. The number of H-pyrrole nitrogens is 1. The minimum atomic E-state index is -0.349. The van der Waals surface area contributed by atoms with Crippen LogP contribution in [0.3, 0.4) is 0 Å². The van der Waals surface area contributed by atoms with E-state index >= 15 is 0 Å². The lowest BCUT2D eigenvalue weighted by molar-refractivity contribution is -0.116. The number of rotatable bonds is 5. The average Bonchev–Trinajstić information content (AvgIpc) is 3.30. The molecule has 0 bridgehead atoms. The molecule has 1 saturated carbocycles. The highest BCUT2D eigenvalue weighted by Crippen LogP contribution is 2.37. The molecule has 2 amide bonds. The van der Waals surface area contributed by atoms with Gasteiger partial charge in [0.05, 0.1) is 0 Å². The van der Waals surface area contributed by atoms with Gasteiger partial charge in [-0.3, -0.25) is 9.89 Å². The molecular formula is C21H27N5O3. The fourth-order valence-electron chi connectivity index (χ4n) is 4.04. The summed E-state index contributed by atoms with van der Waals surface area (Å²) in [6.07, 6.45) is 3.38.